The van der Waals surface area contributed by atoms with Crippen LogP contribution in [0.5, 0.6) is 5.75 Å². The van der Waals surface area contributed by atoms with E-state index in [0.29, 0.717) is 23.1 Å². The first-order valence-corrected chi connectivity index (χ1v) is 9.76. The number of para-hydroxylation sites is 2. The third-order valence-electron chi connectivity index (χ3n) is 4.45. The van der Waals surface area contributed by atoms with Crippen LogP contribution >= 0.6 is 0 Å². The molecule has 1 N–H and O–H groups in total. The summed E-state index contributed by atoms with van der Waals surface area (Å²) in [7, 11) is 0. The largest absolute Gasteiger partial charge is 0.482 e. The lowest BCUT2D eigenvalue weighted by atomic mass is 10.1. The van der Waals surface area contributed by atoms with E-state index in [4.69, 9.17) is 13.9 Å². The molecule has 156 valence electrons. The molecule has 0 bridgehead atoms. The zero-order chi connectivity index (χ0) is 21.3. The predicted octanol–water partition coefficient (Wildman–Crippen LogP) is 3.10. The van der Waals surface area contributed by atoms with Gasteiger partial charge in [-0.15, -0.1) is 0 Å². The molecule has 0 radical (unpaired) electrons. The molecule has 7 heteroatoms. The number of nitrogens with one attached hydrogen (secondary N) is 1. The fraction of sp³-hybridized carbons (Fsp3) is 0.261. The first-order valence-electron chi connectivity index (χ1n) is 9.76. The highest BCUT2D eigenvalue weighted by Crippen LogP contribution is 2.18. The van der Waals surface area contributed by atoms with Crippen LogP contribution in [0.4, 0.5) is 0 Å². The van der Waals surface area contributed by atoms with E-state index in [-0.39, 0.29) is 25.3 Å². The van der Waals surface area contributed by atoms with Crippen LogP contribution in [0.2, 0.25) is 0 Å². The highest BCUT2D eigenvalue weighted by molar-refractivity contribution is 5.96. The SMILES string of the molecule is CCc1ccccc1OCC(=O)OCCCNC(=O)c1cc2ccccc2oc1=O. The Morgan fingerprint density at radius 3 is 2.67 bits per heavy atom. The molecule has 0 atom stereocenters. The average Bonchev–Trinajstić information content (AvgIpc) is 2.77. The van der Waals surface area contributed by atoms with Crippen molar-refractivity contribution < 1.29 is 23.5 Å². The molecule has 3 rings (SSSR count). The van der Waals surface area contributed by atoms with Crippen molar-refractivity contribution in [1.82, 2.24) is 5.32 Å². The second-order valence-electron chi connectivity index (χ2n) is 6.57. The summed E-state index contributed by atoms with van der Waals surface area (Å²) < 4.78 is 15.8. The van der Waals surface area contributed by atoms with Crippen molar-refractivity contribution in [3.8, 4) is 5.75 Å². The molecule has 30 heavy (non-hydrogen) atoms. The smallest absolute Gasteiger partial charge is 0.349 e. The first kappa shape index (κ1) is 21.1. The van der Waals surface area contributed by atoms with Crippen LogP contribution in [0.3, 0.4) is 0 Å². The van der Waals surface area contributed by atoms with Crippen molar-refractivity contribution in [2.24, 2.45) is 0 Å². The highest BCUT2D eigenvalue weighted by Gasteiger charge is 2.13. The molecule has 0 fully saturated rings. The average molecular weight is 409 g/mol. The Bertz CT molecular complexity index is 1090. The molecule has 0 aliphatic rings. The summed E-state index contributed by atoms with van der Waals surface area (Å²) in [6, 6.07) is 16.0. The molecule has 0 aliphatic carbocycles. The second-order valence-corrected chi connectivity index (χ2v) is 6.57. The molecule has 3 aromatic rings. The van der Waals surface area contributed by atoms with E-state index < -0.39 is 17.5 Å². The summed E-state index contributed by atoms with van der Waals surface area (Å²) in [6.07, 6.45) is 1.21. The predicted molar refractivity (Wildman–Crippen MR) is 112 cm³/mol. The summed E-state index contributed by atoms with van der Waals surface area (Å²) in [5.74, 6) is -0.346. The quantitative estimate of drug-likeness (QED) is 0.332. The minimum Gasteiger partial charge on any atom is -0.482 e. The number of hydrogen-bond acceptors (Lipinski definition) is 6. The molecule has 0 saturated carbocycles. The van der Waals surface area contributed by atoms with Gasteiger partial charge < -0.3 is 19.2 Å². The van der Waals surface area contributed by atoms with Crippen LogP contribution < -0.4 is 15.7 Å². The van der Waals surface area contributed by atoms with Crippen LogP contribution in [0.15, 0.2) is 63.8 Å². The van der Waals surface area contributed by atoms with Gasteiger partial charge in [0.2, 0.25) is 0 Å². The molecule has 7 nitrogen and oxygen atoms in total. The Balaban J connectivity index is 1.40. The Hall–Kier alpha value is -3.61. The van der Waals surface area contributed by atoms with Crippen LogP contribution in [-0.2, 0) is 16.0 Å². The third kappa shape index (κ3) is 5.47. The van der Waals surface area contributed by atoms with Gasteiger partial charge in [0.1, 0.15) is 16.9 Å². The molecular weight excluding hydrogens is 386 g/mol. The van der Waals surface area contributed by atoms with Gasteiger partial charge in [0.25, 0.3) is 5.91 Å². The maximum absolute atomic E-state index is 12.2. The number of fused-ring (bicyclic) bond motifs is 1. The van der Waals surface area contributed by atoms with Crippen LogP contribution in [-0.4, -0.2) is 31.6 Å². The summed E-state index contributed by atoms with van der Waals surface area (Å²) in [6.45, 7) is 2.21. The van der Waals surface area contributed by atoms with Gasteiger partial charge in [0, 0.05) is 11.9 Å². The van der Waals surface area contributed by atoms with Crippen molar-refractivity contribution in [1.29, 1.82) is 0 Å². The lowest BCUT2D eigenvalue weighted by Gasteiger charge is -2.10. The van der Waals surface area contributed by atoms with E-state index in [1.54, 1.807) is 24.3 Å². The van der Waals surface area contributed by atoms with Crippen LogP contribution in [0.25, 0.3) is 11.0 Å². The number of esters is 1. The molecule has 0 spiro atoms. The number of rotatable bonds is 9. The van der Waals surface area contributed by atoms with E-state index in [0.717, 1.165) is 12.0 Å². The summed E-state index contributed by atoms with van der Waals surface area (Å²) >= 11 is 0. The lowest BCUT2D eigenvalue weighted by Crippen LogP contribution is -2.29. The van der Waals surface area contributed by atoms with Crippen molar-refractivity contribution in [2.45, 2.75) is 19.8 Å². The molecule has 1 heterocycles. The number of hydrogen-bond donors (Lipinski definition) is 1. The molecule has 0 saturated heterocycles. The standard InChI is InChI=1S/C23H23NO6/c1-2-16-8-3-5-10-19(16)29-15-21(25)28-13-7-12-24-22(26)18-14-17-9-4-6-11-20(17)30-23(18)27/h3-6,8-11,14H,2,7,12-13,15H2,1H3,(H,24,26). The van der Waals surface area contributed by atoms with E-state index in [1.807, 2.05) is 31.2 Å². The maximum Gasteiger partial charge on any atom is 0.349 e. The van der Waals surface area contributed by atoms with Crippen LogP contribution in [0.1, 0.15) is 29.3 Å². The third-order valence-corrected chi connectivity index (χ3v) is 4.45. The molecule has 0 aliphatic heterocycles. The number of amides is 1. The van der Waals surface area contributed by atoms with E-state index in [2.05, 4.69) is 5.32 Å². The van der Waals surface area contributed by atoms with Gasteiger partial charge >= 0.3 is 11.6 Å². The minimum atomic E-state index is -0.692. The summed E-state index contributed by atoms with van der Waals surface area (Å²) in [5.41, 5.74) is 0.691. The Kier molecular flexibility index (Phi) is 7.21. The lowest BCUT2D eigenvalue weighted by molar-refractivity contribution is -0.146. The number of carbonyl (C=O) groups is 2. The zero-order valence-electron chi connectivity index (χ0n) is 16.7. The van der Waals surface area contributed by atoms with Gasteiger partial charge in [0.05, 0.1) is 6.61 Å². The summed E-state index contributed by atoms with van der Waals surface area (Å²) in [4.78, 5) is 36.0. The normalized spacial score (nSPS) is 10.6. The minimum absolute atomic E-state index is 0.0614. The Morgan fingerprint density at radius 2 is 1.83 bits per heavy atom. The van der Waals surface area contributed by atoms with Gasteiger partial charge in [-0.25, -0.2) is 9.59 Å². The Morgan fingerprint density at radius 1 is 1.07 bits per heavy atom. The number of benzene rings is 2. The van der Waals surface area contributed by atoms with Gasteiger partial charge in [0.15, 0.2) is 6.61 Å². The van der Waals surface area contributed by atoms with E-state index in [1.165, 1.54) is 6.07 Å². The van der Waals surface area contributed by atoms with Gasteiger partial charge in [-0.1, -0.05) is 43.3 Å². The molecule has 1 amide bonds. The fourth-order valence-corrected chi connectivity index (χ4v) is 2.89. The molecule has 1 aromatic heterocycles. The second kappa shape index (κ2) is 10.2. The highest BCUT2D eigenvalue weighted by atomic mass is 16.6. The molecular formula is C23H23NO6. The maximum atomic E-state index is 12.2. The molecule has 0 unspecified atom stereocenters. The number of carbonyl (C=O) groups excluding carboxylic acids is 2. The van der Waals surface area contributed by atoms with E-state index >= 15 is 0 Å². The molecule has 2 aromatic carbocycles. The first-order chi connectivity index (χ1) is 14.6. The van der Waals surface area contributed by atoms with Crippen molar-refractivity contribution in [3.05, 3.63) is 76.1 Å². The monoisotopic (exact) mass is 409 g/mol. The number of ether oxygens (including phenoxy) is 2. The fourth-order valence-electron chi connectivity index (χ4n) is 2.89. The topological polar surface area (TPSA) is 94.8 Å². The number of aryl methyl sites for hydroxylation is 1. The zero-order valence-corrected chi connectivity index (χ0v) is 16.7. The van der Waals surface area contributed by atoms with Gasteiger partial charge in [-0.2, -0.15) is 0 Å². The van der Waals surface area contributed by atoms with Crippen molar-refractivity contribution >= 4 is 22.8 Å². The van der Waals surface area contributed by atoms with Crippen molar-refractivity contribution in [2.75, 3.05) is 19.8 Å². The van der Waals surface area contributed by atoms with E-state index in [9.17, 15) is 14.4 Å². The van der Waals surface area contributed by atoms with Crippen LogP contribution in [0, 0.1) is 0 Å². The van der Waals surface area contributed by atoms with Crippen molar-refractivity contribution in [3.63, 3.8) is 0 Å². The van der Waals surface area contributed by atoms with Gasteiger partial charge in [-0.05, 0) is 36.6 Å². The summed E-state index contributed by atoms with van der Waals surface area (Å²) in [5, 5.41) is 3.30. The van der Waals surface area contributed by atoms with Gasteiger partial charge in [-0.3, -0.25) is 4.79 Å². The Labute approximate surface area is 173 Å².